The molecule has 2 aromatic carbocycles. The van der Waals surface area contributed by atoms with E-state index in [1.807, 2.05) is 0 Å². The van der Waals surface area contributed by atoms with E-state index in [0.717, 1.165) is 5.56 Å². The standard InChI is InChI=1S/C17H14O4S/c18-17-10-13(6-7-16(17)14-8-9-21-11-14)12-22(19,20)15-4-2-1-3-5-15/h1-11,18H,12H2. The molecule has 3 aromatic rings. The summed E-state index contributed by atoms with van der Waals surface area (Å²) in [7, 11) is -3.43. The minimum atomic E-state index is -3.43. The van der Waals surface area contributed by atoms with Gasteiger partial charge in [-0.05, 0) is 29.8 Å². The number of hydrogen-bond acceptors (Lipinski definition) is 4. The fraction of sp³-hybridized carbons (Fsp3) is 0.0588. The fourth-order valence-corrected chi connectivity index (χ4v) is 3.62. The number of furan rings is 1. The van der Waals surface area contributed by atoms with Crippen LogP contribution in [0.2, 0.25) is 0 Å². The first kappa shape index (κ1) is 14.4. The van der Waals surface area contributed by atoms with Crippen molar-refractivity contribution in [1.82, 2.24) is 0 Å². The number of rotatable bonds is 4. The Labute approximate surface area is 128 Å². The first-order valence-corrected chi connectivity index (χ1v) is 8.34. The minimum absolute atomic E-state index is 0.0298. The number of hydrogen-bond donors (Lipinski definition) is 1. The molecule has 1 heterocycles. The van der Waals surface area contributed by atoms with E-state index in [2.05, 4.69) is 0 Å². The van der Waals surface area contributed by atoms with Crippen molar-refractivity contribution in [2.24, 2.45) is 0 Å². The van der Waals surface area contributed by atoms with Crippen LogP contribution in [0.15, 0.2) is 76.4 Å². The summed E-state index contributed by atoms with van der Waals surface area (Å²) >= 11 is 0. The Morgan fingerprint density at radius 1 is 1.00 bits per heavy atom. The van der Waals surface area contributed by atoms with Crippen molar-refractivity contribution in [3.05, 3.63) is 72.7 Å². The molecule has 1 aromatic heterocycles. The number of benzene rings is 2. The maximum absolute atomic E-state index is 12.3. The van der Waals surface area contributed by atoms with Gasteiger partial charge in [0.25, 0.3) is 0 Å². The minimum Gasteiger partial charge on any atom is -0.507 e. The van der Waals surface area contributed by atoms with Crippen molar-refractivity contribution in [3.8, 4) is 16.9 Å². The normalized spacial score (nSPS) is 11.5. The zero-order chi connectivity index (χ0) is 15.6. The van der Waals surface area contributed by atoms with Crippen molar-refractivity contribution in [2.45, 2.75) is 10.6 Å². The Morgan fingerprint density at radius 2 is 1.77 bits per heavy atom. The second-order valence-electron chi connectivity index (χ2n) is 4.94. The van der Waals surface area contributed by atoms with Crippen molar-refractivity contribution < 1.29 is 17.9 Å². The molecule has 0 saturated heterocycles. The summed E-state index contributed by atoms with van der Waals surface area (Å²) in [6, 6.07) is 14.9. The van der Waals surface area contributed by atoms with Crippen LogP contribution in [0.4, 0.5) is 0 Å². The molecule has 112 valence electrons. The third kappa shape index (κ3) is 2.89. The molecule has 0 aliphatic carbocycles. The lowest BCUT2D eigenvalue weighted by Gasteiger charge is -2.07. The van der Waals surface area contributed by atoms with Gasteiger partial charge in [-0.2, -0.15) is 0 Å². The van der Waals surface area contributed by atoms with E-state index in [1.54, 1.807) is 48.5 Å². The summed E-state index contributed by atoms with van der Waals surface area (Å²) in [6.07, 6.45) is 3.04. The SMILES string of the molecule is O=S(=O)(Cc1ccc(-c2ccoc2)c(O)c1)c1ccccc1. The van der Waals surface area contributed by atoms with Gasteiger partial charge in [0, 0.05) is 11.1 Å². The molecule has 0 fully saturated rings. The predicted octanol–water partition coefficient (Wildman–Crippen LogP) is 3.63. The molecule has 22 heavy (non-hydrogen) atoms. The van der Waals surface area contributed by atoms with Crippen LogP contribution in [-0.4, -0.2) is 13.5 Å². The second-order valence-corrected chi connectivity index (χ2v) is 6.93. The topological polar surface area (TPSA) is 67.5 Å². The molecule has 0 aliphatic heterocycles. The van der Waals surface area contributed by atoms with E-state index in [-0.39, 0.29) is 16.4 Å². The van der Waals surface area contributed by atoms with E-state index in [0.29, 0.717) is 11.1 Å². The smallest absolute Gasteiger partial charge is 0.182 e. The highest BCUT2D eigenvalue weighted by Gasteiger charge is 2.16. The molecular formula is C17H14O4S. The summed E-state index contributed by atoms with van der Waals surface area (Å²) in [6.45, 7) is 0. The zero-order valence-corrected chi connectivity index (χ0v) is 12.5. The van der Waals surface area contributed by atoms with Crippen LogP contribution in [-0.2, 0) is 15.6 Å². The average Bonchev–Trinajstić information content (AvgIpc) is 3.02. The monoisotopic (exact) mass is 314 g/mol. The number of sulfone groups is 1. The summed E-state index contributed by atoms with van der Waals surface area (Å²) in [5.74, 6) is -0.127. The molecule has 0 unspecified atom stereocenters. The third-order valence-electron chi connectivity index (χ3n) is 3.35. The lowest BCUT2D eigenvalue weighted by atomic mass is 10.1. The lowest BCUT2D eigenvalue weighted by molar-refractivity contribution is 0.476. The Morgan fingerprint density at radius 3 is 2.41 bits per heavy atom. The van der Waals surface area contributed by atoms with Gasteiger partial charge in [0.1, 0.15) is 5.75 Å². The summed E-state index contributed by atoms with van der Waals surface area (Å²) in [5.41, 5.74) is 1.89. The largest absolute Gasteiger partial charge is 0.507 e. The summed E-state index contributed by atoms with van der Waals surface area (Å²) < 4.78 is 29.6. The maximum Gasteiger partial charge on any atom is 0.182 e. The fourth-order valence-electron chi connectivity index (χ4n) is 2.26. The van der Waals surface area contributed by atoms with Crippen LogP contribution < -0.4 is 0 Å². The Bertz CT molecular complexity index is 866. The predicted molar refractivity (Wildman–Crippen MR) is 83.1 cm³/mol. The van der Waals surface area contributed by atoms with Gasteiger partial charge in [-0.3, -0.25) is 0 Å². The molecule has 0 atom stereocenters. The molecular weight excluding hydrogens is 300 g/mol. The molecule has 4 nitrogen and oxygen atoms in total. The van der Waals surface area contributed by atoms with E-state index in [9.17, 15) is 13.5 Å². The molecule has 1 N–H and O–H groups in total. The van der Waals surface area contributed by atoms with Crippen LogP contribution in [0.1, 0.15) is 5.56 Å². The maximum atomic E-state index is 12.3. The number of aromatic hydroxyl groups is 1. The van der Waals surface area contributed by atoms with Crippen LogP contribution in [0, 0.1) is 0 Å². The van der Waals surface area contributed by atoms with Crippen LogP contribution in [0.5, 0.6) is 5.75 Å². The summed E-state index contributed by atoms with van der Waals surface area (Å²) in [5, 5.41) is 10.1. The highest BCUT2D eigenvalue weighted by molar-refractivity contribution is 7.90. The highest BCUT2D eigenvalue weighted by atomic mass is 32.2. The van der Waals surface area contributed by atoms with Crippen molar-refractivity contribution in [1.29, 1.82) is 0 Å². The van der Waals surface area contributed by atoms with Crippen LogP contribution >= 0.6 is 0 Å². The quantitative estimate of drug-likeness (QED) is 0.798. The Hall–Kier alpha value is -2.53. The first-order valence-electron chi connectivity index (χ1n) is 6.68. The molecule has 5 heteroatoms. The van der Waals surface area contributed by atoms with Gasteiger partial charge in [-0.25, -0.2) is 8.42 Å². The first-order chi connectivity index (χ1) is 10.6. The number of phenolic OH excluding ortho intramolecular Hbond substituents is 1. The second kappa shape index (κ2) is 5.69. The lowest BCUT2D eigenvalue weighted by Crippen LogP contribution is -2.04. The van der Waals surface area contributed by atoms with Crippen molar-refractivity contribution >= 4 is 9.84 Å². The van der Waals surface area contributed by atoms with Crippen molar-refractivity contribution in [2.75, 3.05) is 0 Å². The van der Waals surface area contributed by atoms with E-state index in [1.165, 1.54) is 18.6 Å². The highest BCUT2D eigenvalue weighted by Crippen LogP contribution is 2.31. The van der Waals surface area contributed by atoms with Gasteiger partial charge in [0.15, 0.2) is 9.84 Å². The Kier molecular flexibility index (Phi) is 3.73. The van der Waals surface area contributed by atoms with Crippen LogP contribution in [0.3, 0.4) is 0 Å². The average molecular weight is 314 g/mol. The molecule has 0 aliphatic rings. The van der Waals surface area contributed by atoms with E-state index >= 15 is 0 Å². The van der Waals surface area contributed by atoms with E-state index in [4.69, 9.17) is 4.42 Å². The number of phenols is 1. The van der Waals surface area contributed by atoms with Gasteiger partial charge in [0.05, 0.1) is 23.2 Å². The molecule has 0 radical (unpaired) electrons. The molecule has 3 rings (SSSR count). The van der Waals surface area contributed by atoms with Gasteiger partial charge >= 0.3 is 0 Å². The molecule has 0 amide bonds. The van der Waals surface area contributed by atoms with Gasteiger partial charge in [0.2, 0.25) is 0 Å². The molecule has 0 bridgehead atoms. The molecule has 0 saturated carbocycles. The van der Waals surface area contributed by atoms with Crippen LogP contribution in [0.25, 0.3) is 11.1 Å². The third-order valence-corrected chi connectivity index (χ3v) is 5.06. The van der Waals surface area contributed by atoms with Crippen molar-refractivity contribution in [3.63, 3.8) is 0 Å². The molecule has 0 spiro atoms. The van der Waals surface area contributed by atoms with Gasteiger partial charge in [-0.15, -0.1) is 0 Å². The Balaban J connectivity index is 1.89. The van der Waals surface area contributed by atoms with Gasteiger partial charge < -0.3 is 9.52 Å². The zero-order valence-electron chi connectivity index (χ0n) is 11.6. The summed E-state index contributed by atoms with van der Waals surface area (Å²) in [4.78, 5) is 0.272. The van der Waals surface area contributed by atoms with E-state index < -0.39 is 9.84 Å². The van der Waals surface area contributed by atoms with Gasteiger partial charge in [-0.1, -0.05) is 30.3 Å².